The van der Waals surface area contributed by atoms with Gasteiger partial charge in [0.25, 0.3) is 0 Å². The zero-order valence-corrected chi connectivity index (χ0v) is 16.4. The number of halogens is 4. The molecule has 0 saturated carbocycles. The fourth-order valence-electron chi connectivity index (χ4n) is 2.36. The van der Waals surface area contributed by atoms with Crippen molar-refractivity contribution < 1.29 is 18.0 Å². The van der Waals surface area contributed by atoms with Crippen molar-refractivity contribution in [3.05, 3.63) is 47.1 Å². The number of rotatable bonds is 5. The van der Waals surface area contributed by atoms with Crippen LogP contribution in [-0.2, 0) is 11.0 Å². The van der Waals surface area contributed by atoms with Crippen LogP contribution in [0.1, 0.15) is 5.56 Å². The fraction of sp³-hybridized carbons (Fsp3) is 0.235. The molecule has 0 atom stereocenters. The van der Waals surface area contributed by atoms with E-state index in [1.54, 1.807) is 12.1 Å². The number of carbonyl (C=O) groups excluding carboxylic acids is 1. The van der Waals surface area contributed by atoms with Crippen molar-refractivity contribution in [2.45, 2.75) is 11.3 Å². The van der Waals surface area contributed by atoms with E-state index >= 15 is 0 Å². The maximum absolute atomic E-state index is 13.0. The second-order valence-electron chi connectivity index (χ2n) is 6.03. The first-order valence-electron chi connectivity index (χ1n) is 7.96. The van der Waals surface area contributed by atoms with Gasteiger partial charge in [0.05, 0.1) is 16.3 Å². The van der Waals surface area contributed by atoms with E-state index in [0.29, 0.717) is 5.69 Å². The van der Waals surface area contributed by atoms with E-state index in [9.17, 15) is 18.0 Å². The van der Waals surface area contributed by atoms with Crippen molar-refractivity contribution in [1.29, 1.82) is 0 Å². The molecule has 148 valence electrons. The fourth-order valence-corrected chi connectivity index (χ4v) is 3.31. The molecule has 0 aliphatic heterocycles. The normalized spacial score (nSPS) is 11.6. The predicted octanol–water partition coefficient (Wildman–Crippen LogP) is 4.20. The Bertz CT molecular complexity index is 1000. The van der Waals surface area contributed by atoms with Crippen LogP contribution in [0.25, 0.3) is 5.65 Å². The molecule has 0 aliphatic rings. The number of amides is 1. The van der Waals surface area contributed by atoms with Crippen LogP contribution in [0.2, 0.25) is 5.02 Å². The van der Waals surface area contributed by atoms with Crippen LogP contribution < -0.4 is 10.2 Å². The number of nitrogens with one attached hydrogen (secondary N) is 1. The third kappa shape index (κ3) is 4.50. The highest BCUT2D eigenvalue weighted by atomic mass is 35.5. The molecule has 0 saturated heterocycles. The van der Waals surface area contributed by atoms with E-state index in [-0.39, 0.29) is 27.5 Å². The van der Waals surface area contributed by atoms with Gasteiger partial charge in [-0.2, -0.15) is 13.2 Å². The molecule has 0 bridgehead atoms. The summed E-state index contributed by atoms with van der Waals surface area (Å²) in [5.41, 5.74) is 0.776. The smallest absolute Gasteiger partial charge is 0.378 e. The molecule has 1 amide bonds. The highest BCUT2D eigenvalue weighted by molar-refractivity contribution is 7.99. The summed E-state index contributed by atoms with van der Waals surface area (Å²) in [5, 5.41) is 10.3. The summed E-state index contributed by atoms with van der Waals surface area (Å²) in [6, 6.07) is 8.04. The molecule has 2 aromatic heterocycles. The van der Waals surface area contributed by atoms with Crippen molar-refractivity contribution in [1.82, 2.24) is 14.6 Å². The van der Waals surface area contributed by atoms with Crippen molar-refractivity contribution in [2.24, 2.45) is 0 Å². The Morgan fingerprint density at radius 2 is 1.93 bits per heavy atom. The van der Waals surface area contributed by atoms with Gasteiger partial charge < -0.3 is 10.2 Å². The lowest BCUT2D eigenvalue weighted by atomic mass is 10.2. The molecule has 3 rings (SSSR count). The number of anilines is 2. The number of hydrogen-bond donors (Lipinski definition) is 1. The van der Waals surface area contributed by atoms with Gasteiger partial charge in [-0.15, -0.1) is 10.2 Å². The molecule has 1 N–H and O–H groups in total. The van der Waals surface area contributed by atoms with Crippen LogP contribution in [0, 0.1) is 0 Å². The highest BCUT2D eigenvalue weighted by Gasteiger charge is 2.32. The lowest BCUT2D eigenvalue weighted by molar-refractivity contribution is -0.137. The molecular weight excluding hydrogens is 415 g/mol. The molecule has 0 unspecified atom stereocenters. The monoisotopic (exact) mass is 429 g/mol. The van der Waals surface area contributed by atoms with Gasteiger partial charge in [0.2, 0.25) is 5.91 Å². The van der Waals surface area contributed by atoms with Crippen molar-refractivity contribution in [3.8, 4) is 0 Å². The predicted molar refractivity (Wildman–Crippen MR) is 103 cm³/mol. The quantitative estimate of drug-likeness (QED) is 0.616. The summed E-state index contributed by atoms with van der Waals surface area (Å²) in [5.74, 6) is -0.373. The number of pyridine rings is 1. The topological polar surface area (TPSA) is 62.5 Å². The lowest BCUT2D eigenvalue weighted by Gasteiger charge is -2.13. The number of alkyl halides is 3. The third-order valence-corrected chi connectivity index (χ3v) is 4.98. The standard InChI is InChI=1S/C17H15ClF3N5OS/c1-25(2)12-5-3-11(4-6-12)22-14(27)9-28-16-24-23-15-13(18)7-10(8-26(15)16)17(19,20)21/h3-8H,9H2,1-2H3,(H,22,27). The maximum Gasteiger partial charge on any atom is 0.417 e. The van der Waals surface area contributed by atoms with E-state index in [1.165, 1.54) is 0 Å². The van der Waals surface area contributed by atoms with Crippen LogP contribution in [-0.4, -0.2) is 40.4 Å². The molecule has 6 nitrogen and oxygen atoms in total. The van der Waals surface area contributed by atoms with Gasteiger partial charge in [-0.25, -0.2) is 0 Å². The van der Waals surface area contributed by atoms with Gasteiger partial charge in [-0.05, 0) is 30.3 Å². The first-order valence-corrected chi connectivity index (χ1v) is 9.33. The molecule has 0 aliphatic carbocycles. The van der Waals surface area contributed by atoms with Crippen LogP contribution in [0.15, 0.2) is 41.7 Å². The third-order valence-electron chi connectivity index (χ3n) is 3.76. The van der Waals surface area contributed by atoms with E-state index in [2.05, 4.69) is 15.5 Å². The van der Waals surface area contributed by atoms with Gasteiger partial charge in [0, 0.05) is 31.7 Å². The van der Waals surface area contributed by atoms with Crippen molar-refractivity contribution in [2.75, 3.05) is 30.1 Å². The van der Waals surface area contributed by atoms with Crippen LogP contribution >= 0.6 is 23.4 Å². The van der Waals surface area contributed by atoms with Gasteiger partial charge in [0.1, 0.15) is 0 Å². The minimum atomic E-state index is -4.56. The molecule has 0 radical (unpaired) electrons. The SMILES string of the molecule is CN(C)c1ccc(NC(=O)CSc2nnc3c(Cl)cc(C(F)(F)F)cn23)cc1. The molecule has 2 heterocycles. The summed E-state index contributed by atoms with van der Waals surface area (Å²) in [7, 11) is 3.81. The van der Waals surface area contributed by atoms with Gasteiger partial charge in [-0.3, -0.25) is 9.20 Å². The number of aromatic nitrogens is 3. The summed E-state index contributed by atoms with van der Waals surface area (Å²) in [6.07, 6.45) is -3.69. The molecule has 0 fully saturated rings. The van der Waals surface area contributed by atoms with E-state index in [4.69, 9.17) is 11.6 Å². The Hall–Kier alpha value is -2.46. The summed E-state index contributed by atoms with van der Waals surface area (Å²) < 4.78 is 40.1. The average molecular weight is 430 g/mol. The number of fused-ring (bicyclic) bond motifs is 1. The first-order chi connectivity index (χ1) is 13.1. The van der Waals surface area contributed by atoms with Crippen molar-refractivity contribution in [3.63, 3.8) is 0 Å². The number of benzene rings is 1. The number of nitrogens with zero attached hydrogens (tertiary/aromatic N) is 4. The van der Waals surface area contributed by atoms with E-state index in [1.807, 2.05) is 31.1 Å². The summed E-state index contributed by atoms with van der Waals surface area (Å²) in [6.45, 7) is 0. The molecule has 28 heavy (non-hydrogen) atoms. The minimum absolute atomic E-state index is 0.0515. The second kappa shape index (κ2) is 7.88. The molecule has 1 aromatic carbocycles. The largest absolute Gasteiger partial charge is 0.417 e. The summed E-state index contributed by atoms with van der Waals surface area (Å²) >= 11 is 6.83. The lowest BCUT2D eigenvalue weighted by Crippen LogP contribution is -2.15. The Labute approximate surface area is 167 Å². The van der Waals surface area contributed by atoms with Crippen molar-refractivity contribution >= 4 is 46.3 Å². The van der Waals surface area contributed by atoms with Crippen LogP contribution in [0.4, 0.5) is 24.5 Å². The zero-order valence-electron chi connectivity index (χ0n) is 14.8. The average Bonchev–Trinajstić information content (AvgIpc) is 3.03. The van der Waals surface area contributed by atoms with Gasteiger partial charge >= 0.3 is 6.18 Å². The minimum Gasteiger partial charge on any atom is -0.378 e. The number of carbonyl (C=O) groups is 1. The van der Waals surface area contributed by atoms with E-state index in [0.717, 1.165) is 34.1 Å². The Balaban J connectivity index is 1.71. The van der Waals surface area contributed by atoms with Crippen LogP contribution in [0.3, 0.4) is 0 Å². The molecule has 0 spiro atoms. The maximum atomic E-state index is 13.0. The Kier molecular flexibility index (Phi) is 5.71. The van der Waals surface area contributed by atoms with Gasteiger partial charge in [0.15, 0.2) is 10.8 Å². The Morgan fingerprint density at radius 3 is 2.54 bits per heavy atom. The number of thioether (sulfide) groups is 1. The second-order valence-corrected chi connectivity index (χ2v) is 7.38. The molecule has 3 aromatic rings. The van der Waals surface area contributed by atoms with E-state index < -0.39 is 11.7 Å². The van der Waals surface area contributed by atoms with Crippen LogP contribution in [0.5, 0.6) is 0 Å². The molecular formula is C17H15ClF3N5OS. The first kappa shape index (κ1) is 20.3. The summed E-state index contributed by atoms with van der Waals surface area (Å²) in [4.78, 5) is 14.1. The molecule has 11 heteroatoms. The highest BCUT2D eigenvalue weighted by Crippen LogP contribution is 2.33. The Morgan fingerprint density at radius 1 is 1.25 bits per heavy atom. The van der Waals surface area contributed by atoms with Gasteiger partial charge in [-0.1, -0.05) is 23.4 Å². The number of hydrogen-bond acceptors (Lipinski definition) is 5. The zero-order chi connectivity index (χ0) is 20.5.